The van der Waals surface area contributed by atoms with E-state index in [9.17, 15) is 0 Å². The van der Waals surface area contributed by atoms with Crippen molar-refractivity contribution in [2.75, 3.05) is 20.1 Å². The zero-order valence-corrected chi connectivity index (χ0v) is 14.3. The standard InChI is InChI=1S/C20H25N3/c1-16-20(10-9-18-11-13-22(3)14-12-18)17(2)23(21-16)15-19-7-5-4-6-8-19/h4-11H,12-15H2,1-3H3/b10-9+. The maximum Gasteiger partial charge on any atom is 0.0669 e. The molecule has 1 aromatic heterocycles. The Labute approximate surface area is 138 Å². The van der Waals surface area contributed by atoms with E-state index in [-0.39, 0.29) is 0 Å². The molecule has 0 saturated carbocycles. The molecule has 3 rings (SSSR count). The first-order chi connectivity index (χ1) is 11.1. The minimum atomic E-state index is 0.828. The van der Waals surface area contributed by atoms with Crippen molar-refractivity contribution in [3.63, 3.8) is 0 Å². The van der Waals surface area contributed by atoms with E-state index in [2.05, 4.69) is 73.0 Å². The summed E-state index contributed by atoms with van der Waals surface area (Å²) in [5, 5.41) is 4.72. The van der Waals surface area contributed by atoms with Crippen molar-refractivity contribution in [1.29, 1.82) is 0 Å². The van der Waals surface area contributed by atoms with E-state index < -0.39 is 0 Å². The third-order valence-electron chi connectivity index (χ3n) is 4.52. The molecule has 1 aliphatic rings. The maximum absolute atomic E-state index is 4.72. The summed E-state index contributed by atoms with van der Waals surface area (Å²) in [5.41, 5.74) is 6.30. The Hall–Kier alpha value is -2.13. The average Bonchev–Trinajstić information content (AvgIpc) is 2.82. The zero-order valence-electron chi connectivity index (χ0n) is 14.3. The molecule has 0 saturated heterocycles. The van der Waals surface area contributed by atoms with E-state index in [1.54, 1.807) is 0 Å². The summed E-state index contributed by atoms with van der Waals surface area (Å²) in [6.45, 7) is 7.27. The van der Waals surface area contributed by atoms with Gasteiger partial charge in [0.2, 0.25) is 0 Å². The highest BCUT2D eigenvalue weighted by Crippen LogP contribution is 2.19. The molecule has 1 aromatic carbocycles. The second-order valence-corrected chi connectivity index (χ2v) is 6.35. The molecule has 0 bridgehead atoms. The lowest BCUT2D eigenvalue weighted by Gasteiger charge is -2.20. The molecule has 0 aliphatic carbocycles. The Morgan fingerprint density at radius 3 is 2.61 bits per heavy atom. The predicted molar refractivity (Wildman–Crippen MR) is 96.5 cm³/mol. The Balaban J connectivity index is 1.78. The second-order valence-electron chi connectivity index (χ2n) is 6.35. The lowest BCUT2D eigenvalue weighted by atomic mass is 10.1. The van der Waals surface area contributed by atoms with Crippen molar-refractivity contribution in [3.05, 3.63) is 70.6 Å². The number of allylic oxidation sites excluding steroid dienone is 1. The zero-order chi connectivity index (χ0) is 16.2. The van der Waals surface area contributed by atoms with Crippen LogP contribution in [0, 0.1) is 13.8 Å². The molecular formula is C20H25N3. The Morgan fingerprint density at radius 2 is 1.91 bits per heavy atom. The fraction of sp³-hybridized carbons (Fsp3) is 0.350. The van der Waals surface area contributed by atoms with Gasteiger partial charge >= 0.3 is 0 Å². The van der Waals surface area contributed by atoms with Gasteiger partial charge in [-0.05, 0) is 38.5 Å². The van der Waals surface area contributed by atoms with Gasteiger partial charge in [-0.3, -0.25) is 4.68 Å². The monoisotopic (exact) mass is 307 g/mol. The minimum Gasteiger partial charge on any atom is -0.302 e. The van der Waals surface area contributed by atoms with E-state index >= 15 is 0 Å². The smallest absolute Gasteiger partial charge is 0.0669 e. The number of hydrogen-bond donors (Lipinski definition) is 0. The number of aromatic nitrogens is 2. The molecule has 2 heterocycles. The number of aryl methyl sites for hydroxylation is 1. The summed E-state index contributed by atoms with van der Waals surface area (Å²) in [4.78, 5) is 2.34. The fourth-order valence-electron chi connectivity index (χ4n) is 2.99. The summed E-state index contributed by atoms with van der Waals surface area (Å²) in [7, 11) is 2.17. The van der Waals surface area contributed by atoms with Gasteiger partial charge in [-0.25, -0.2) is 0 Å². The highest BCUT2D eigenvalue weighted by Gasteiger charge is 2.10. The van der Waals surface area contributed by atoms with Gasteiger partial charge in [0.15, 0.2) is 0 Å². The van der Waals surface area contributed by atoms with Gasteiger partial charge in [-0.1, -0.05) is 48.6 Å². The van der Waals surface area contributed by atoms with Crippen LogP contribution in [-0.2, 0) is 6.54 Å². The van der Waals surface area contributed by atoms with Crippen LogP contribution in [0.5, 0.6) is 0 Å². The summed E-state index contributed by atoms with van der Waals surface area (Å²) >= 11 is 0. The minimum absolute atomic E-state index is 0.828. The molecule has 0 unspecified atom stereocenters. The van der Waals surface area contributed by atoms with Gasteiger partial charge < -0.3 is 4.90 Å². The second kappa shape index (κ2) is 6.97. The van der Waals surface area contributed by atoms with Crippen LogP contribution in [0.1, 0.15) is 28.9 Å². The van der Waals surface area contributed by atoms with E-state index in [0.29, 0.717) is 0 Å². The first-order valence-corrected chi connectivity index (χ1v) is 8.27. The lowest BCUT2D eigenvalue weighted by Crippen LogP contribution is -2.23. The van der Waals surface area contributed by atoms with Crippen molar-refractivity contribution >= 4 is 6.08 Å². The van der Waals surface area contributed by atoms with E-state index in [0.717, 1.165) is 31.7 Å². The van der Waals surface area contributed by atoms with Gasteiger partial charge in [0.05, 0.1) is 12.2 Å². The molecule has 0 atom stereocenters. The van der Waals surface area contributed by atoms with Crippen molar-refractivity contribution < 1.29 is 0 Å². The Bertz CT molecular complexity index is 723. The molecule has 0 fully saturated rings. The average molecular weight is 307 g/mol. The molecule has 23 heavy (non-hydrogen) atoms. The molecule has 0 spiro atoms. The molecule has 3 heteroatoms. The number of rotatable bonds is 4. The van der Waals surface area contributed by atoms with Crippen molar-refractivity contribution in [2.24, 2.45) is 0 Å². The Morgan fingerprint density at radius 1 is 1.13 bits per heavy atom. The van der Waals surface area contributed by atoms with Crippen LogP contribution >= 0.6 is 0 Å². The third kappa shape index (κ3) is 3.80. The topological polar surface area (TPSA) is 21.1 Å². The van der Waals surface area contributed by atoms with Gasteiger partial charge in [0.25, 0.3) is 0 Å². The summed E-state index contributed by atoms with van der Waals surface area (Å²) in [6, 6.07) is 10.5. The molecule has 0 radical (unpaired) electrons. The third-order valence-corrected chi connectivity index (χ3v) is 4.52. The Kier molecular flexibility index (Phi) is 4.77. The molecule has 3 nitrogen and oxygen atoms in total. The van der Waals surface area contributed by atoms with Crippen molar-refractivity contribution in [2.45, 2.75) is 26.8 Å². The lowest BCUT2D eigenvalue weighted by molar-refractivity contribution is 0.361. The SMILES string of the molecule is Cc1nn(Cc2ccccc2)c(C)c1/C=C/C1=CCN(C)CC1. The largest absolute Gasteiger partial charge is 0.302 e. The first kappa shape index (κ1) is 15.8. The van der Waals surface area contributed by atoms with Gasteiger partial charge in [-0.15, -0.1) is 0 Å². The van der Waals surface area contributed by atoms with Crippen LogP contribution in [-0.4, -0.2) is 34.8 Å². The van der Waals surface area contributed by atoms with Crippen LogP contribution < -0.4 is 0 Å². The molecule has 0 N–H and O–H groups in total. The van der Waals surface area contributed by atoms with Crippen molar-refractivity contribution in [1.82, 2.24) is 14.7 Å². The number of hydrogen-bond acceptors (Lipinski definition) is 2. The van der Waals surface area contributed by atoms with Crippen LogP contribution in [0.3, 0.4) is 0 Å². The van der Waals surface area contributed by atoms with E-state index in [4.69, 9.17) is 5.10 Å². The van der Waals surface area contributed by atoms with E-state index in [1.165, 1.54) is 22.4 Å². The summed E-state index contributed by atoms with van der Waals surface area (Å²) in [5.74, 6) is 0. The molecule has 0 amide bonds. The van der Waals surface area contributed by atoms with Gasteiger partial charge in [0.1, 0.15) is 0 Å². The normalized spacial score (nSPS) is 16.0. The number of nitrogens with zero attached hydrogens (tertiary/aromatic N) is 3. The van der Waals surface area contributed by atoms with Gasteiger partial charge in [-0.2, -0.15) is 5.10 Å². The predicted octanol–water partition coefficient (Wildman–Crippen LogP) is 3.82. The van der Waals surface area contributed by atoms with Crippen molar-refractivity contribution in [3.8, 4) is 0 Å². The maximum atomic E-state index is 4.72. The molecular weight excluding hydrogens is 282 g/mol. The quantitative estimate of drug-likeness (QED) is 0.856. The molecule has 2 aromatic rings. The first-order valence-electron chi connectivity index (χ1n) is 8.27. The number of benzene rings is 1. The van der Waals surface area contributed by atoms with E-state index in [1.807, 2.05) is 6.07 Å². The summed E-state index contributed by atoms with van der Waals surface area (Å²) < 4.78 is 2.10. The highest BCUT2D eigenvalue weighted by molar-refractivity contribution is 5.57. The molecule has 1 aliphatic heterocycles. The van der Waals surface area contributed by atoms with Crippen LogP contribution in [0.4, 0.5) is 0 Å². The van der Waals surface area contributed by atoms with Gasteiger partial charge in [0, 0.05) is 24.3 Å². The van der Waals surface area contributed by atoms with Crippen LogP contribution in [0.2, 0.25) is 0 Å². The summed E-state index contributed by atoms with van der Waals surface area (Å²) in [6.07, 6.45) is 7.94. The highest BCUT2D eigenvalue weighted by atomic mass is 15.3. The number of likely N-dealkylation sites (N-methyl/N-ethyl adjacent to an activating group) is 1. The van der Waals surface area contributed by atoms with Crippen LogP contribution in [0.15, 0.2) is 48.1 Å². The molecule has 120 valence electrons. The van der Waals surface area contributed by atoms with Crippen LogP contribution in [0.25, 0.3) is 6.08 Å². The fourth-order valence-corrected chi connectivity index (χ4v) is 2.99.